The van der Waals surface area contributed by atoms with E-state index in [1.54, 1.807) is 6.92 Å². The second kappa shape index (κ2) is 4.41. The fraction of sp³-hybridized carbons (Fsp3) is 0.417. The molecule has 104 valence electrons. The van der Waals surface area contributed by atoms with Crippen molar-refractivity contribution in [3.8, 4) is 0 Å². The van der Waals surface area contributed by atoms with Gasteiger partial charge in [0, 0.05) is 12.2 Å². The number of carbonyl (C=O) groups is 1. The van der Waals surface area contributed by atoms with Gasteiger partial charge in [0.2, 0.25) is 0 Å². The number of benzene rings is 1. The lowest BCUT2D eigenvalue weighted by Crippen LogP contribution is -2.38. The minimum atomic E-state index is -4.45. The lowest BCUT2D eigenvalue weighted by Gasteiger charge is -2.19. The number of nitrogens with two attached hydrogens (primary N) is 1. The largest absolute Gasteiger partial charge is 0.440 e. The van der Waals surface area contributed by atoms with E-state index in [1.165, 1.54) is 12.1 Å². The molecule has 0 aliphatic carbocycles. The molecule has 7 heteroatoms. The van der Waals surface area contributed by atoms with E-state index < -0.39 is 23.4 Å². The third kappa shape index (κ3) is 2.65. The van der Waals surface area contributed by atoms with Gasteiger partial charge in [0.1, 0.15) is 5.60 Å². The van der Waals surface area contributed by atoms with Crippen molar-refractivity contribution in [1.29, 1.82) is 0 Å². The van der Waals surface area contributed by atoms with Gasteiger partial charge in [-0.3, -0.25) is 4.90 Å². The van der Waals surface area contributed by atoms with Crippen LogP contribution in [-0.4, -0.2) is 24.8 Å². The Labute approximate surface area is 107 Å². The number of anilines is 1. The Morgan fingerprint density at radius 2 is 2.16 bits per heavy atom. The van der Waals surface area contributed by atoms with Crippen LogP contribution in [0.1, 0.15) is 12.5 Å². The molecule has 2 rings (SSSR count). The highest BCUT2D eigenvalue weighted by Crippen LogP contribution is 2.33. The zero-order chi connectivity index (χ0) is 14.3. The molecule has 1 aliphatic heterocycles. The number of alkyl halides is 3. The number of halogens is 3. The van der Waals surface area contributed by atoms with Gasteiger partial charge >= 0.3 is 12.3 Å². The van der Waals surface area contributed by atoms with Crippen LogP contribution < -0.4 is 10.6 Å². The Balaban J connectivity index is 2.31. The third-order valence-corrected chi connectivity index (χ3v) is 2.96. The number of rotatable bonds is 2. The smallest absolute Gasteiger partial charge is 0.416 e. The molecule has 19 heavy (non-hydrogen) atoms. The highest BCUT2D eigenvalue weighted by Gasteiger charge is 2.41. The van der Waals surface area contributed by atoms with Crippen LogP contribution in [0.5, 0.6) is 0 Å². The Hall–Kier alpha value is -1.76. The van der Waals surface area contributed by atoms with E-state index >= 15 is 0 Å². The number of nitrogens with zero attached hydrogens (tertiary/aromatic N) is 1. The Morgan fingerprint density at radius 3 is 2.68 bits per heavy atom. The average molecular weight is 274 g/mol. The minimum absolute atomic E-state index is 0.105. The topological polar surface area (TPSA) is 55.6 Å². The van der Waals surface area contributed by atoms with E-state index in [0.29, 0.717) is 0 Å². The second-order valence-corrected chi connectivity index (χ2v) is 4.66. The number of hydrogen-bond donors (Lipinski definition) is 1. The molecule has 4 nitrogen and oxygen atoms in total. The van der Waals surface area contributed by atoms with Crippen molar-refractivity contribution in [2.75, 3.05) is 18.0 Å². The second-order valence-electron chi connectivity index (χ2n) is 4.66. The van der Waals surface area contributed by atoms with E-state index in [4.69, 9.17) is 10.5 Å². The Bertz CT molecular complexity index is 504. The maximum absolute atomic E-state index is 12.6. The van der Waals surface area contributed by atoms with Gasteiger partial charge in [-0.15, -0.1) is 0 Å². The van der Waals surface area contributed by atoms with Crippen molar-refractivity contribution in [2.45, 2.75) is 18.7 Å². The van der Waals surface area contributed by atoms with Crippen LogP contribution in [0.15, 0.2) is 24.3 Å². The first-order valence-corrected chi connectivity index (χ1v) is 5.63. The van der Waals surface area contributed by atoms with Gasteiger partial charge in [-0.05, 0) is 25.1 Å². The summed E-state index contributed by atoms with van der Waals surface area (Å²) < 4.78 is 42.9. The average Bonchev–Trinajstić information content (AvgIpc) is 2.65. The van der Waals surface area contributed by atoms with Crippen molar-refractivity contribution < 1.29 is 22.7 Å². The standard InChI is InChI=1S/C12H13F3N2O2/c1-11(6-16)7-17(10(18)19-11)9-4-2-3-8(5-9)12(13,14)15/h2-5H,6-7,16H2,1H3. The van der Waals surface area contributed by atoms with E-state index in [1.807, 2.05) is 0 Å². The van der Waals surface area contributed by atoms with Gasteiger partial charge in [-0.2, -0.15) is 13.2 Å². The molecule has 2 N–H and O–H groups in total. The number of amides is 1. The van der Waals surface area contributed by atoms with Crippen LogP contribution in [0.25, 0.3) is 0 Å². The molecule has 1 amide bonds. The zero-order valence-electron chi connectivity index (χ0n) is 10.2. The summed E-state index contributed by atoms with van der Waals surface area (Å²) in [4.78, 5) is 12.8. The number of carbonyl (C=O) groups excluding carboxylic acids is 1. The predicted octanol–water partition coefficient (Wildman–Crippen LogP) is 2.38. The van der Waals surface area contributed by atoms with Crippen molar-refractivity contribution in [1.82, 2.24) is 0 Å². The first-order valence-electron chi connectivity index (χ1n) is 5.63. The van der Waals surface area contributed by atoms with Gasteiger partial charge < -0.3 is 10.5 Å². The van der Waals surface area contributed by atoms with E-state index in [9.17, 15) is 18.0 Å². The monoisotopic (exact) mass is 274 g/mol. The van der Waals surface area contributed by atoms with E-state index in [0.717, 1.165) is 17.0 Å². The third-order valence-electron chi connectivity index (χ3n) is 2.96. The summed E-state index contributed by atoms with van der Waals surface area (Å²) >= 11 is 0. The van der Waals surface area contributed by atoms with Crippen LogP contribution in [0.4, 0.5) is 23.7 Å². The van der Waals surface area contributed by atoms with Crippen LogP contribution in [0, 0.1) is 0 Å². The molecule has 1 aromatic rings. The van der Waals surface area contributed by atoms with Crippen molar-refractivity contribution in [3.63, 3.8) is 0 Å². The molecule has 1 aliphatic rings. The van der Waals surface area contributed by atoms with Gasteiger partial charge in [0.25, 0.3) is 0 Å². The maximum atomic E-state index is 12.6. The molecular formula is C12H13F3N2O2. The summed E-state index contributed by atoms with van der Waals surface area (Å²) in [5.74, 6) is 0. The van der Waals surface area contributed by atoms with Crippen molar-refractivity contribution in [2.24, 2.45) is 5.73 Å². The lowest BCUT2D eigenvalue weighted by molar-refractivity contribution is -0.137. The summed E-state index contributed by atoms with van der Waals surface area (Å²) in [6, 6.07) is 4.55. The van der Waals surface area contributed by atoms with Gasteiger partial charge in [0.05, 0.1) is 12.1 Å². The molecule has 0 saturated carbocycles. The number of hydrogen-bond acceptors (Lipinski definition) is 3. The summed E-state index contributed by atoms with van der Waals surface area (Å²) in [6.07, 6.45) is -5.14. The van der Waals surface area contributed by atoms with Crippen LogP contribution in [0.2, 0.25) is 0 Å². The van der Waals surface area contributed by atoms with Crippen LogP contribution >= 0.6 is 0 Å². The summed E-state index contributed by atoms with van der Waals surface area (Å²) in [7, 11) is 0. The normalized spacial score (nSPS) is 23.6. The summed E-state index contributed by atoms with van der Waals surface area (Å²) in [5.41, 5.74) is 3.96. The molecule has 0 radical (unpaired) electrons. The lowest BCUT2D eigenvalue weighted by atomic mass is 10.1. The molecular weight excluding hydrogens is 261 g/mol. The van der Waals surface area contributed by atoms with E-state index in [2.05, 4.69) is 0 Å². The fourth-order valence-corrected chi connectivity index (χ4v) is 1.85. The molecule has 1 aromatic carbocycles. The highest BCUT2D eigenvalue weighted by molar-refractivity contribution is 5.90. The minimum Gasteiger partial charge on any atom is -0.440 e. The fourth-order valence-electron chi connectivity index (χ4n) is 1.85. The predicted molar refractivity (Wildman–Crippen MR) is 62.7 cm³/mol. The molecule has 1 saturated heterocycles. The number of ether oxygens (including phenoxy) is 1. The Kier molecular flexibility index (Phi) is 3.17. The zero-order valence-corrected chi connectivity index (χ0v) is 10.2. The van der Waals surface area contributed by atoms with Gasteiger partial charge in [-0.25, -0.2) is 4.79 Å². The molecule has 0 bridgehead atoms. The van der Waals surface area contributed by atoms with Crippen LogP contribution in [-0.2, 0) is 10.9 Å². The molecule has 0 spiro atoms. The maximum Gasteiger partial charge on any atom is 0.416 e. The Morgan fingerprint density at radius 1 is 1.47 bits per heavy atom. The first-order chi connectivity index (χ1) is 8.75. The van der Waals surface area contributed by atoms with Crippen LogP contribution in [0.3, 0.4) is 0 Å². The van der Waals surface area contributed by atoms with Crippen molar-refractivity contribution >= 4 is 11.8 Å². The van der Waals surface area contributed by atoms with Gasteiger partial charge in [-0.1, -0.05) is 6.07 Å². The SMILES string of the molecule is CC1(CN)CN(c2cccc(C(F)(F)F)c2)C(=O)O1. The molecule has 1 heterocycles. The van der Waals surface area contributed by atoms with Crippen molar-refractivity contribution in [3.05, 3.63) is 29.8 Å². The van der Waals surface area contributed by atoms with E-state index in [-0.39, 0.29) is 18.8 Å². The first kappa shape index (κ1) is 13.7. The molecule has 1 atom stereocenters. The van der Waals surface area contributed by atoms with Gasteiger partial charge in [0.15, 0.2) is 0 Å². The molecule has 1 fully saturated rings. The molecule has 0 aromatic heterocycles. The highest BCUT2D eigenvalue weighted by atomic mass is 19.4. The quantitative estimate of drug-likeness (QED) is 0.900. The summed E-state index contributed by atoms with van der Waals surface area (Å²) in [6.45, 7) is 1.87. The molecule has 1 unspecified atom stereocenters. The summed E-state index contributed by atoms with van der Waals surface area (Å²) in [5, 5.41) is 0. The number of cyclic esters (lactones) is 1.